The highest BCUT2D eigenvalue weighted by Gasteiger charge is 2.21. The van der Waals surface area contributed by atoms with Crippen molar-refractivity contribution in [2.45, 2.75) is 23.7 Å². The van der Waals surface area contributed by atoms with Crippen LogP contribution in [-0.4, -0.2) is 15.5 Å². The molecule has 0 saturated carbocycles. The molecule has 0 bridgehead atoms. The van der Waals surface area contributed by atoms with Crippen LogP contribution in [0.1, 0.15) is 22.7 Å². The second-order valence-corrected chi connectivity index (χ2v) is 9.09. The van der Waals surface area contributed by atoms with Crippen LogP contribution in [0.4, 0.5) is 0 Å². The summed E-state index contributed by atoms with van der Waals surface area (Å²) in [5.74, 6) is 0. The third-order valence-corrected chi connectivity index (χ3v) is 7.14. The van der Waals surface area contributed by atoms with Crippen LogP contribution in [0.5, 0.6) is 0 Å². The smallest absolute Gasteiger partial charge is 0.250 e. The van der Waals surface area contributed by atoms with Crippen molar-refractivity contribution in [3.05, 3.63) is 38.4 Å². The summed E-state index contributed by atoms with van der Waals surface area (Å²) < 4.78 is 28.2. The average Bonchev–Trinajstić information content (AvgIpc) is 2.98. The summed E-state index contributed by atoms with van der Waals surface area (Å²) in [4.78, 5) is 1.88. The Morgan fingerprint density at radius 1 is 1.25 bits per heavy atom. The van der Waals surface area contributed by atoms with E-state index in [2.05, 4.69) is 10.0 Å². The summed E-state index contributed by atoms with van der Waals surface area (Å²) in [7, 11) is -1.66. The molecule has 2 N–H and O–H groups in total. The fourth-order valence-electron chi connectivity index (χ4n) is 1.68. The Morgan fingerprint density at radius 2 is 2.00 bits per heavy atom. The van der Waals surface area contributed by atoms with Crippen LogP contribution < -0.4 is 10.0 Å². The Hall–Kier alpha value is -0.440. The Kier molecular flexibility index (Phi) is 5.22. The zero-order valence-corrected chi connectivity index (χ0v) is 14.2. The van der Waals surface area contributed by atoms with Gasteiger partial charge in [-0.25, -0.2) is 13.1 Å². The lowest BCUT2D eigenvalue weighted by atomic mass is 10.3. The molecular weight excluding hydrogens is 336 g/mol. The molecule has 2 aromatic heterocycles. The number of thiophene rings is 2. The zero-order valence-electron chi connectivity index (χ0n) is 11.0. The van der Waals surface area contributed by atoms with Crippen molar-refractivity contribution in [1.29, 1.82) is 0 Å². The van der Waals surface area contributed by atoms with E-state index in [1.807, 2.05) is 26.1 Å². The first-order valence-corrected chi connectivity index (χ1v) is 9.42. The molecule has 0 aromatic carbocycles. The van der Waals surface area contributed by atoms with Crippen molar-refractivity contribution in [3.63, 3.8) is 0 Å². The van der Waals surface area contributed by atoms with Gasteiger partial charge in [0, 0.05) is 16.3 Å². The molecule has 2 aromatic rings. The van der Waals surface area contributed by atoms with Gasteiger partial charge in [0.25, 0.3) is 10.0 Å². The van der Waals surface area contributed by atoms with Crippen LogP contribution in [-0.2, 0) is 16.6 Å². The van der Waals surface area contributed by atoms with E-state index in [1.54, 1.807) is 12.1 Å². The van der Waals surface area contributed by atoms with Gasteiger partial charge in [0.15, 0.2) is 0 Å². The van der Waals surface area contributed by atoms with Crippen LogP contribution in [0.25, 0.3) is 0 Å². The van der Waals surface area contributed by atoms with Gasteiger partial charge < -0.3 is 5.32 Å². The zero-order chi connectivity index (χ0) is 14.8. The lowest BCUT2D eigenvalue weighted by molar-refractivity contribution is 0.570. The monoisotopic (exact) mass is 350 g/mol. The van der Waals surface area contributed by atoms with Crippen molar-refractivity contribution in [1.82, 2.24) is 10.0 Å². The lowest BCUT2D eigenvalue weighted by Gasteiger charge is -2.11. The average molecular weight is 351 g/mol. The first kappa shape index (κ1) is 15.9. The molecule has 0 aliphatic rings. The summed E-state index contributed by atoms with van der Waals surface area (Å²) in [6.07, 6.45) is 0. The third kappa shape index (κ3) is 3.81. The van der Waals surface area contributed by atoms with E-state index in [4.69, 9.17) is 11.6 Å². The molecule has 0 amide bonds. The number of hydrogen-bond donors (Lipinski definition) is 2. The van der Waals surface area contributed by atoms with Gasteiger partial charge in [0.05, 0.1) is 10.4 Å². The summed E-state index contributed by atoms with van der Waals surface area (Å²) in [5.41, 5.74) is 0. The maximum Gasteiger partial charge on any atom is 0.250 e. The van der Waals surface area contributed by atoms with Crippen molar-refractivity contribution in [3.8, 4) is 0 Å². The maximum atomic E-state index is 12.3. The van der Waals surface area contributed by atoms with Gasteiger partial charge in [-0.1, -0.05) is 11.6 Å². The molecule has 1 unspecified atom stereocenters. The van der Waals surface area contributed by atoms with Gasteiger partial charge >= 0.3 is 0 Å². The van der Waals surface area contributed by atoms with Crippen LogP contribution in [0.2, 0.25) is 4.34 Å². The van der Waals surface area contributed by atoms with Crippen LogP contribution >= 0.6 is 34.3 Å². The minimum atomic E-state index is -3.49. The summed E-state index contributed by atoms with van der Waals surface area (Å²) in [6.45, 7) is 2.47. The summed E-state index contributed by atoms with van der Waals surface area (Å²) in [6, 6.07) is 6.76. The van der Waals surface area contributed by atoms with Crippen LogP contribution in [0.15, 0.2) is 28.5 Å². The molecular formula is C12H15ClN2O2S3. The number of halogens is 1. The minimum Gasteiger partial charge on any atom is -0.315 e. The second kappa shape index (κ2) is 6.55. The highest BCUT2D eigenvalue weighted by atomic mass is 35.5. The Morgan fingerprint density at radius 3 is 2.60 bits per heavy atom. The molecule has 2 heterocycles. The van der Waals surface area contributed by atoms with Gasteiger partial charge in [-0.05, 0) is 38.2 Å². The fraction of sp³-hybridized carbons (Fsp3) is 0.333. The molecule has 1 atom stereocenters. The van der Waals surface area contributed by atoms with E-state index in [0.29, 0.717) is 15.1 Å². The van der Waals surface area contributed by atoms with Gasteiger partial charge in [-0.2, -0.15) is 0 Å². The minimum absolute atomic E-state index is 0.299. The van der Waals surface area contributed by atoms with Crippen molar-refractivity contribution in [2.75, 3.05) is 7.05 Å². The predicted molar refractivity (Wildman–Crippen MR) is 85.1 cm³/mol. The quantitative estimate of drug-likeness (QED) is 0.841. The normalized spacial score (nSPS) is 13.6. The Bertz CT molecular complexity index is 678. The Labute approximate surface area is 131 Å². The highest BCUT2D eigenvalue weighted by Crippen LogP contribution is 2.29. The molecule has 0 radical (unpaired) electrons. The first-order valence-electron chi connectivity index (χ1n) is 5.93. The summed E-state index contributed by atoms with van der Waals surface area (Å²) in [5, 5.41) is 3.00. The molecule has 110 valence electrons. The molecule has 0 aliphatic heterocycles. The number of nitrogens with one attached hydrogen (secondary N) is 2. The van der Waals surface area contributed by atoms with Crippen LogP contribution in [0.3, 0.4) is 0 Å². The van der Waals surface area contributed by atoms with E-state index in [-0.39, 0.29) is 6.04 Å². The largest absolute Gasteiger partial charge is 0.315 e. The Balaban J connectivity index is 2.13. The standard InChI is InChI=1S/C12H15ClN2O2S3/c1-8(10-4-5-11(13)19-10)15-20(16,17)12-6-3-9(18-12)7-14-2/h3-6,8,14-15H,7H2,1-2H3. The second-order valence-electron chi connectivity index (χ2n) is 4.24. The van der Waals surface area contributed by atoms with Crippen molar-refractivity contribution in [2.24, 2.45) is 0 Å². The van der Waals surface area contributed by atoms with Gasteiger partial charge in [-0.3, -0.25) is 0 Å². The van der Waals surface area contributed by atoms with E-state index in [0.717, 1.165) is 9.75 Å². The molecule has 2 rings (SSSR count). The SMILES string of the molecule is CNCc1ccc(S(=O)(=O)NC(C)c2ccc(Cl)s2)s1. The molecule has 20 heavy (non-hydrogen) atoms. The highest BCUT2D eigenvalue weighted by molar-refractivity contribution is 7.91. The molecule has 0 aliphatic carbocycles. The molecule has 0 fully saturated rings. The van der Waals surface area contributed by atoms with Crippen LogP contribution in [0, 0.1) is 0 Å². The molecule has 4 nitrogen and oxygen atoms in total. The maximum absolute atomic E-state index is 12.3. The third-order valence-electron chi connectivity index (χ3n) is 2.61. The van der Waals surface area contributed by atoms with E-state index in [9.17, 15) is 8.42 Å². The predicted octanol–water partition coefficient (Wildman–Crippen LogP) is 3.22. The van der Waals surface area contributed by atoms with E-state index < -0.39 is 10.0 Å². The van der Waals surface area contributed by atoms with Crippen molar-refractivity contribution >= 4 is 44.3 Å². The lowest BCUT2D eigenvalue weighted by Crippen LogP contribution is -2.25. The molecule has 0 saturated heterocycles. The number of hydrogen-bond acceptors (Lipinski definition) is 5. The molecule has 0 spiro atoms. The van der Waals surface area contributed by atoms with Gasteiger partial charge in [0.2, 0.25) is 0 Å². The van der Waals surface area contributed by atoms with Gasteiger partial charge in [0.1, 0.15) is 4.21 Å². The fourth-order valence-corrected chi connectivity index (χ4v) is 5.43. The van der Waals surface area contributed by atoms with E-state index in [1.165, 1.54) is 22.7 Å². The summed E-state index contributed by atoms with van der Waals surface area (Å²) >= 11 is 8.52. The first-order chi connectivity index (χ1) is 9.42. The van der Waals surface area contributed by atoms with Crippen molar-refractivity contribution < 1.29 is 8.42 Å². The molecule has 8 heteroatoms. The number of sulfonamides is 1. The van der Waals surface area contributed by atoms with E-state index >= 15 is 0 Å². The van der Waals surface area contributed by atoms with Gasteiger partial charge in [-0.15, -0.1) is 22.7 Å². The topological polar surface area (TPSA) is 58.2 Å². The number of rotatable bonds is 6.